The third kappa shape index (κ3) is 4.82. The molecular weight excluding hydrogens is 370 g/mol. The molecule has 1 aliphatic rings. The Kier molecular flexibility index (Phi) is 6.23. The standard InChI is InChI=1S/C23H29NO3S/c1-5-27-22(26)20-17-12-11-16(15-9-7-6-8-10-15)13-18(17)28-21(20)24-19(25)14-23(2,3)4/h6-10,16H,5,11-14H2,1-4H3,(H,24,25)/t16-/m0/s1. The molecule has 1 amide bonds. The first-order valence-electron chi connectivity index (χ1n) is 9.95. The minimum atomic E-state index is -0.329. The lowest BCUT2D eigenvalue weighted by atomic mass is 9.83. The summed E-state index contributed by atoms with van der Waals surface area (Å²) >= 11 is 1.54. The topological polar surface area (TPSA) is 55.4 Å². The lowest BCUT2D eigenvalue weighted by molar-refractivity contribution is -0.117. The summed E-state index contributed by atoms with van der Waals surface area (Å²) in [5.74, 6) is 0.0565. The molecular formula is C23H29NO3S. The number of fused-ring (bicyclic) bond motifs is 1. The van der Waals surface area contributed by atoms with Crippen molar-refractivity contribution >= 4 is 28.2 Å². The molecule has 3 rings (SSSR count). The number of carbonyl (C=O) groups is 2. The van der Waals surface area contributed by atoms with Gasteiger partial charge in [-0.25, -0.2) is 4.79 Å². The summed E-state index contributed by atoms with van der Waals surface area (Å²) in [5.41, 5.74) is 2.85. The van der Waals surface area contributed by atoms with Gasteiger partial charge in [0.2, 0.25) is 5.91 Å². The molecule has 1 aromatic carbocycles. The smallest absolute Gasteiger partial charge is 0.341 e. The average molecular weight is 400 g/mol. The highest BCUT2D eigenvalue weighted by atomic mass is 32.1. The quantitative estimate of drug-likeness (QED) is 0.669. The summed E-state index contributed by atoms with van der Waals surface area (Å²) in [4.78, 5) is 26.3. The minimum Gasteiger partial charge on any atom is -0.462 e. The Labute approximate surface area is 171 Å². The molecule has 0 saturated heterocycles. The minimum absolute atomic E-state index is 0.0590. The highest BCUT2D eigenvalue weighted by Crippen LogP contribution is 2.43. The Balaban J connectivity index is 1.89. The fourth-order valence-corrected chi connectivity index (χ4v) is 5.09. The van der Waals surface area contributed by atoms with Crippen LogP contribution in [-0.4, -0.2) is 18.5 Å². The first-order chi connectivity index (χ1) is 13.3. The van der Waals surface area contributed by atoms with Crippen LogP contribution in [0.25, 0.3) is 0 Å². The first-order valence-corrected chi connectivity index (χ1v) is 10.8. The van der Waals surface area contributed by atoms with Gasteiger partial charge >= 0.3 is 5.97 Å². The Hall–Kier alpha value is -2.14. The largest absolute Gasteiger partial charge is 0.462 e. The SMILES string of the molecule is CCOC(=O)c1c(NC(=O)CC(C)(C)C)sc2c1CC[C@H](c1ccccc1)C2. The van der Waals surface area contributed by atoms with Crippen molar-refractivity contribution in [2.75, 3.05) is 11.9 Å². The van der Waals surface area contributed by atoms with Crippen molar-refractivity contribution in [3.05, 3.63) is 51.9 Å². The van der Waals surface area contributed by atoms with Crippen LogP contribution in [0.15, 0.2) is 30.3 Å². The highest BCUT2D eigenvalue weighted by molar-refractivity contribution is 7.17. The second-order valence-electron chi connectivity index (χ2n) is 8.56. The van der Waals surface area contributed by atoms with Crippen molar-refractivity contribution < 1.29 is 14.3 Å². The second-order valence-corrected chi connectivity index (χ2v) is 9.67. The highest BCUT2D eigenvalue weighted by Gasteiger charge is 2.31. The number of benzene rings is 1. The molecule has 28 heavy (non-hydrogen) atoms. The molecule has 5 heteroatoms. The van der Waals surface area contributed by atoms with Crippen LogP contribution in [0, 0.1) is 5.41 Å². The monoisotopic (exact) mass is 399 g/mol. The molecule has 1 heterocycles. The number of carbonyl (C=O) groups excluding carboxylic acids is 2. The third-order valence-electron chi connectivity index (χ3n) is 4.96. The van der Waals surface area contributed by atoms with Crippen molar-refractivity contribution in [2.45, 2.75) is 59.3 Å². The molecule has 0 radical (unpaired) electrons. The van der Waals surface area contributed by atoms with E-state index in [1.54, 1.807) is 6.92 Å². The van der Waals surface area contributed by atoms with Gasteiger partial charge in [-0.2, -0.15) is 0 Å². The van der Waals surface area contributed by atoms with Crippen LogP contribution in [0.5, 0.6) is 0 Å². The van der Waals surface area contributed by atoms with Gasteiger partial charge in [0.25, 0.3) is 0 Å². The van der Waals surface area contributed by atoms with Crippen LogP contribution >= 0.6 is 11.3 Å². The predicted molar refractivity (Wildman–Crippen MR) is 114 cm³/mol. The van der Waals surface area contributed by atoms with Gasteiger partial charge in [0, 0.05) is 11.3 Å². The lowest BCUT2D eigenvalue weighted by Gasteiger charge is -2.23. The predicted octanol–water partition coefficient (Wildman–Crippen LogP) is 5.57. The van der Waals surface area contributed by atoms with Gasteiger partial charge in [0.1, 0.15) is 5.00 Å². The average Bonchev–Trinajstić information content (AvgIpc) is 2.97. The fraction of sp³-hybridized carbons (Fsp3) is 0.478. The summed E-state index contributed by atoms with van der Waals surface area (Å²) < 4.78 is 5.30. The summed E-state index contributed by atoms with van der Waals surface area (Å²) in [7, 11) is 0. The van der Waals surface area contributed by atoms with E-state index in [1.165, 1.54) is 21.8 Å². The number of amides is 1. The third-order valence-corrected chi connectivity index (χ3v) is 6.13. The number of hydrogen-bond donors (Lipinski definition) is 1. The number of hydrogen-bond acceptors (Lipinski definition) is 4. The maximum absolute atomic E-state index is 12.6. The van der Waals surface area contributed by atoms with Crippen molar-refractivity contribution in [2.24, 2.45) is 5.41 Å². The van der Waals surface area contributed by atoms with E-state index in [1.807, 2.05) is 26.8 Å². The van der Waals surface area contributed by atoms with Crippen LogP contribution in [0.3, 0.4) is 0 Å². The Morgan fingerprint density at radius 2 is 1.93 bits per heavy atom. The molecule has 1 atom stereocenters. The van der Waals surface area contributed by atoms with Gasteiger partial charge in [-0.3, -0.25) is 4.79 Å². The molecule has 0 saturated carbocycles. The number of esters is 1. The molecule has 0 spiro atoms. The zero-order chi connectivity index (χ0) is 20.3. The Morgan fingerprint density at radius 1 is 1.21 bits per heavy atom. The molecule has 1 N–H and O–H groups in total. The second kappa shape index (κ2) is 8.48. The van der Waals surface area contributed by atoms with E-state index in [9.17, 15) is 9.59 Å². The van der Waals surface area contributed by atoms with Crippen LogP contribution in [0.4, 0.5) is 5.00 Å². The van der Waals surface area contributed by atoms with E-state index in [0.29, 0.717) is 29.5 Å². The van der Waals surface area contributed by atoms with Gasteiger partial charge in [-0.05, 0) is 48.6 Å². The molecule has 0 unspecified atom stereocenters. The molecule has 150 valence electrons. The van der Waals surface area contributed by atoms with E-state index >= 15 is 0 Å². The molecule has 1 aliphatic carbocycles. The van der Waals surface area contributed by atoms with Crippen molar-refractivity contribution in [1.29, 1.82) is 0 Å². The van der Waals surface area contributed by atoms with Crippen molar-refractivity contribution in [3.8, 4) is 0 Å². The van der Waals surface area contributed by atoms with Gasteiger partial charge in [-0.1, -0.05) is 51.1 Å². The summed E-state index contributed by atoms with van der Waals surface area (Å²) in [5, 5.41) is 3.64. The van der Waals surface area contributed by atoms with Gasteiger partial charge < -0.3 is 10.1 Å². The number of anilines is 1. The molecule has 0 fully saturated rings. The Morgan fingerprint density at radius 3 is 2.57 bits per heavy atom. The Bertz CT molecular complexity index is 849. The molecule has 2 aromatic rings. The number of ether oxygens (including phenoxy) is 1. The van der Waals surface area contributed by atoms with Crippen LogP contribution in [0.2, 0.25) is 0 Å². The molecule has 0 bridgehead atoms. The van der Waals surface area contributed by atoms with Crippen molar-refractivity contribution in [1.82, 2.24) is 0 Å². The molecule has 4 nitrogen and oxygen atoms in total. The van der Waals surface area contributed by atoms with E-state index < -0.39 is 0 Å². The first kappa shape index (κ1) is 20.6. The number of thiophene rings is 1. The maximum Gasteiger partial charge on any atom is 0.341 e. The van der Waals surface area contributed by atoms with E-state index in [2.05, 4.69) is 29.6 Å². The molecule has 1 aromatic heterocycles. The number of nitrogens with one attached hydrogen (secondary N) is 1. The maximum atomic E-state index is 12.6. The van der Waals surface area contributed by atoms with Gasteiger partial charge in [-0.15, -0.1) is 11.3 Å². The summed E-state index contributed by atoms with van der Waals surface area (Å²) in [6.45, 7) is 8.22. The fourth-order valence-electron chi connectivity index (χ4n) is 3.76. The van der Waals surface area contributed by atoms with Crippen LogP contribution in [-0.2, 0) is 22.4 Å². The zero-order valence-corrected chi connectivity index (χ0v) is 17.9. The lowest BCUT2D eigenvalue weighted by Crippen LogP contribution is -2.21. The summed E-state index contributed by atoms with van der Waals surface area (Å²) in [6.07, 6.45) is 3.13. The van der Waals surface area contributed by atoms with Gasteiger partial charge in [0.05, 0.1) is 12.2 Å². The van der Waals surface area contributed by atoms with Crippen LogP contribution in [0.1, 0.15) is 72.8 Å². The van der Waals surface area contributed by atoms with E-state index in [0.717, 1.165) is 24.8 Å². The zero-order valence-electron chi connectivity index (χ0n) is 17.1. The van der Waals surface area contributed by atoms with E-state index in [-0.39, 0.29) is 17.3 Å². The normalized spacial score (nSPS) is 16.4. The molecule has 0 aliphatic heterocycles. The van der Waals surface area contributed by atoms with Crippen molar-refractivity contribution in [3.63, 3.8) is 0 Å². The van der Waals surface area contributed by atoms with Gasteiger partial charge in [0.15, 0.2) is 0 Å². The summed E-state index contributed by atoms with van der Waals surface area (Å²) in [6, 6.07) is 10.5. The number of rotatable bonds is 5. The van der Waals surface area contributed by atoms with Crippen LogP contribution < -0.4 is 5.32 Å². The van der Waals surface area contributed by atoms with E-state index in [4.69, 9.17) is 4.74 Å².